The lowest BCUT2D eigenvalue weighted by Gasteiger charge is -2.15. The molecule has 1 aromatic heterocycles. The van der Waals surface area contributed by atoms with E-state index in [4.69, 9.17) is 0 Å². The molecule has 0 spiro atoms. The molecular weight excluding hydrogens is 164 g/mol. The van der Waals surface area contributed by atoms with Crippen molar-refractivity contribution in [3.63, 3.8) is 0 Å². The van der Waals surface area contributed by atoms with Gasteiger partial charge in [0.2, 0.25) is 0 Å². The third-order valence-corrected chi connectivity index (χ3v) is 2.09. The average molecular weight is 182 g/mol. The van der Waals surface area contributed by atoms with Crippen molar-refractivity contribution in [3.8, 4) is 0 Å². The Balaban J connectivity index is 2.35. The molecule has 0 aromatic carbocycles. The highest BCUT2D eigenvalue weighted by molar-refractivity contribution is 4.69. The lowest BCUT2D eigenvalue weighted by molar-refractivity contribution is 0.411. The van der Waals surface area contributed by atoms with E-state index in [0.717, 1.165) is 19.5 Å². The van der Waals surface area contributed by atoms with Crippen molar-refractivity contribution in [1.82, 2.24) is 20.1 Å². The fourth-order valence-corrected chi connectivity index (χ4v) is 1.28. The highest BCUT2D eigenvalue weighted by atomic mass is 15.3. The molecule has 0 fully saturated rings. The summed E-state index contributed by atoms with van der Waals surface area (Å²) in [4.78, 5) is 3.94. The molecule has 0 saturated heterocycles. The number of aromatic nitrogens is 3. The predicted octanol–water partition coefficient (Wildman–Crippen LogP) is 1.23. The topological polar surface area (TPSA) is 42.7 Å². The van der Waals surface area contributed by atoms with Crippen molar-refractivity contribution >= 4 is 0 Å². The molecule has 0 aliphatic heterocycles. The minimum Gasteiger partial charge on any atom is -0.315 e. The van der Waals surface area contributed by atoms with Crippen molar-refractivity contribution in [1.29, 1.82) is 0 Å². The Labute approximate surface area is 79.4 Å². The SMILES string of the molecule is CCCNCC(CC)n1cncn1. The first-order valence-corrected chi connectivity index (χ1v) is 4.93. The molecule has 0 amide bonds. The molecule has 0 aliphatic carbocycles. The highest BCUT2D eigenvalue weighted by Gasteiger charge is 2.07. The number of rotatable bonds is 6. The van der Waals surface area contributed by atoms with Gasteiger partial charge in [0.1, 0.15) is 12.7 Å². The second-order valence-corrected chi connectivity index (χ2v) is 3.14. The fourth-order valence-electron chi connectivity index (χ4n) is 1.28. The fraction of sp³-hybridized carbons (Fsp3) is 0.778. The van der Waals surface area contributed by atoms with Gasteiger partial charge in [0.25, 0.3) is 0 Å². The normalized spacial score (nSPS) is 13.1. The molecule has 1 atom stereocenters. The van der Waals surface area contributed by atoms with E-state index in [1.807, 2.05) is 4.68 Å². The highest BCUT2D eigenvalue weighted by Crippen LogP contribution is 2.06. The van der Waals surface area contributed by atoms with Gasteiger partial charge in [-0.25, -0.2) is 9.67 Å². The molecule has 13 heavy (non-hydrogen) atoms. The molecule has 0 aliphatic rings. The molecular formula is C9H18N4. The molecule has 4 heteroatoms. The van der Waals surface area contributed by atoms with E-state index in [1.165, 1.54) is 6.42 Å². The van der Waals surface area contributed by atoms with E-state index in [9.17, 15) is 0 Å². The van der Waals surface area contributed by atoms with E-state index in [0.29, 0.717) is 6.04 Å². The molecule has 0 radical (unpaired) electrons. The molecule has 1 N–H and O–H groups in total. The maximum atomic E-state index is 4.13. The Morgan fingerprint density at radius 2 is 2.31 bits per heavy atom. The van der Waals surface area contributed by atoms with Gasteiger partial charge in [-0.3, -0.25) is 0 Å². The first-order valence-electron chi connectivity index (χ1n) is 4.93. The van der Waals surface area contributed by atoms with Crippen molar-refractivity contribution in [3.05, 3.63) is 12.7 Å². The van der Waals surface area contributed by atoms with Gasteiger partial charge in [-0.1, -0.05) is 13.8 Å². The van der Waals surface area contributed by atoms with Crippen LogP contribution in [0.1, 0.15) is 32.7 Å². The summed E-state index contributed by atoms with van der Waals surface area (Å²) in [6.07, 6.45) is 5.62. The molecule has 4 nitrogen and oxygen atoms in total. The summed E-state index contributed by atoms with van der Waals surface area (Å²) in [7, 11) is 0. The summed E-state index contributed by atoms with van der Waals surface area (Å²) in [5.41, 5.74) is 0. The maximum absolute atomic E-state index is 4.13. The van der Waals surface area contributed by atoms with Gasteiger partial charge in [0.15, 0.2) is 0 Å². The Hall–Kier alpha value is -0.900. The number of nitrogens with zero attached hydrogens (tertiary/aromatic N) is 3. The maximum Gasteiger partial charge on any atom is 0.137 e. The van der Waals surface area contributed by atoms with Crippen LogP contribution in [-0.4, -0.2) is 27.9 Å². The zero-order chi connectivity index (χ0) is 9.52. The summed E-state index contributed by atoms with van der Waals surface area (Å²) in [6.45, 7) is 6.39. The average Bonchev–Trinajstić information content (AvgIpc) is 2.65. The van der Waals surface area contributed by atoms with Crippen LogP contribution in [0.2, 0.25) is 0 Å². The molecule has 0 bridgehead atoms. The molecule has 1 rings (SSSR count). The van der Waals surface area contributed by atoms with Gasteiger partial charge in [-0.15, -0.1) is 0 Å². The third kappa shape index (κ3) is 3.14. The van der Waals surface area contributed by atoms with E-state index >= 15 is 0 Å². The second-order valence-electron chi connectivity index (χ2n) is 3.14. The Morgan fingerprint density at radius 1 is 1.46 bits per heavy atom. The van der Waals surface area contributed by atoms with Gasteiger partial charge in [-0.2, -0.15) is 5.10 Å². The van der Waals surface area contributed by atoms with E-state index in [1.54, 1.807) is 12.7 Å². The lowest BCUT2D eigenvalue weighted by Crippen LogP contribution is -2.25. The Bertz CT molecular complexity index is 207. The summed E-state index contributed by atoms with van der Waals surface area (Å²) in [5.74, 6) is 0. The van der Waals surface area contributed by atoms with Gasteiger partial charge in [0.05, 0.1) is 6.04 Å². The van der Waals surface area contributed by atoms with Crippen molar-refractivity contribution in [2.24, 2.45) is 0 Å². The van der Waals surface area contributed by atoms with E-state index < -0.39 is 0 Å². The third-order valence-electron chi connectivity index (χ3n) is 2.09. The van der Waals surface area contributed by atoms with Crippen molar-refractivity contribution < 1.29 is 0 Å². The van der Waals surface area contributed by atoms with Gasteiger partial charge in [-0.05, 0) is 19.4 Å². The van der Waals surface area contributed by atoms with Gasteiger partial charge >= 0.3 is 0 Å². The van der Waals surface area contributed by atoms with Crippen LogP contribution >= 0.6 is 0 Å². The van der Waals surface area contributed by atoms with E-state index in [-0.39, 0.29) is 0 Å². The molecule has 74 valence electrons. The smallest absolute Gasteiger partial charge is 0.137 e. The second kappa shape index (κ2) is 5.70. The monoisotopic (exact) mass is 182 g/mol. The zero-order valence-corrected chi connectivity index (χ0v) is 8.40. The van der Waals surface area contributed by atoms with Crippen LogP contribution in [0.3, 0.4) is 0 Å². The van der Waals surface area contributed by atoms with Crippen LogP contribution in [0.25, 0.3) is 0 Å². The molecule has 0 saturated carbocycles. The molecule has 1 unspecified atom stereocenters. The number of hydrogen-bond acceptors (Lipinski definition) is 3. The largest absolute Gasteiger partial charge is 0.315 e. The Kier molecular flexibility index (Phi) is 4.46. The minimum absolute atomic E-state index is 0.439. The zero-order valence-electron chi connectivity index (χ0n) is 8.40. The van der Waals surface area contributed by atoms with Crippen LogP contribution in [0.4, 0.5) is 0 Å². The Morgan fingerprint density at radius 3 is 2.85 bits per heavy atom. The van der Waals surface area contributed by atoms with Crippen LogP contribution < -0.4 is 5.32 Å². The first-order chi connectivity index (χ1) is 6.38. The number of nitrogens with one attached hydrogen (secondary N) is 1. The lowest BCUT2D eigenvalue weighted by atomic mass is 10.2. The van der Waals surface area contributed by atoms with Crippen molar-refractivity contribution in [2.75, 3.05) is 13.1 Å². The summed E-state index contributed by atoms with van der Waals surface area (Å²) >= 11 is 0. The summed E-state index contributed by atoms with van der Waals surface area (Å²) in [6, 6.07) is 0.439. The quantitative estimate of drug-likeness (QED) is 0.673. The van der Waals surface area contributed by atoms with Crippen LogP contribution in [0, 0.1) is 0 Å². The summed E-state index contributed by atoms with van der Waals surface area (Å²) < 4.78 is 1.92. The van der Waals surface area contributed by atoms with Gasteiger partial charge in [0, 0.05) is 6.54 Å². The van der Waals surface area contributed by atoms with Crippen LogP contribution in [-0.2, 0) is 0 Å². The standard InChI is InChI=1S/C9H18N4/c1-3-5-10-6-9(4-2)13-8-11-7-12-13/h7-10H,3-6H2,1-2H3. The van der Waals surface area contributed by atoms with Crippen LogP contribution in [0.15, 0.2) is 12.7 Å². The minimum atomic E-state index is 0.439. The van der Waals surface area contributed by atoms with Crippen LogP contribution in [0.5, 0.6) is 0 Å². The first kappa shape index (κ1) is 10.2. The summed E-state index contributed by atoms with van der Waals surface area (Å²) in [5, 5.41) is 7.52. The molecule has 1 heterocycles. The number of hydrogen-bond donors (Lipinski definition) is 1. The van der Waals surface area contributed by atoms with E-state index in [2.05, 4.69) is 29.2 Å². The van der Waals surface area contributed by atoms with Gasteiger partial charge < -0.3 is 5.32 Å². The predicted molar refractivity (Wildman–Crippen MR) is 52.5 cm³/mol. The van der Waals surface area contributed by atoms with Crippen molar-refractivity contribution in [2.45, 2.75) is 32.7 Å². The molecule has 1 aromatic rings.